The molecule has 0 heterocycles. The second-order valence-electron chi connectivity index (χ2n) is 6.93. The van der Waals surface area contributed by atoms with Gasteiger partial charge in [-0.2, -0.15) is 4.31 Å². The van der Waals surface area contributed by atoms with Crippen molar-refractivity contribution in [3.8, 4) is 17.2 Å². The Morgan fingerprint density at radius 1 is 0.939 bits per heavy atom. The Balaban J connectivity index is 1.65. The molecule has 174 valence electrons. The fourth-order valence-corrected chi connectivity index (χ4v) is 4.86. The van der Waals surface area contributed by atoms with Gasteiger partial charge in [-0.25, -0.2) is 8.42 Å². The van der Waals surface area contributed by atoms with E-state index >= 15 is 0 Å². The van der Waals surface area contributed by atoms with Gasteiger partial charge in [-0.3, -0.25) is 4.79 Å². The largest absolute Gasteiger partial charge is 0.482 e. The topological polar surface area (TPSA) is 84.9 Å². The van der Waals surface area contributed by atoms with Crippen molar-refractivity contribution in [2.24, 2.45) is 0 Å². The fraction of sp³-hybridized carbons (Fsp3) is 0.208. The highest BCUT2D eigenvalue weighted by molar-refractivity contribution is 7.89. The van der Waals surface area contributed by atoms with E-state index in [0.717, 1.165) is 0 Å². The molecule has 7 nitrogen and oxygen atoms in total. The minimum Gasteiger partial charge on any atom is -0.482 e. The lowest BCUT2D eigenvalue weighted by Gasteiger charge is -2.19. The van der Waals surface area contributed by atoms with Crippen molar-refractivity contribution < 1.29 is 22.7 Å². The van der Waals surface area contributed by atoms with Gasteiger partial charge in [0, 0.05) is 13.1 Å². The van der Waals surface area contributed by atoms with Gasteiger partial charge in [0.1, 0.15) is 11.5 Å². The van der Waals surface area contributed by atoms with Crippen LogP contribution in [0.5, 0.6) is 17.2 Å². The van der Waals surface area contributed by atoms with Gasteiger partial charge in [-0.05, 0) is 42.5 Å². The number of hydrogen-bond acceptors (Lipinski definition) is 5. The molecule has 0 unspecified atom stereocenters. The first-order valence-electron chi connectivity index (χ1n) is 10.4. The monoisotopic (exact) mass is 488 g/mol. The third kappa shape index (κ3) is 6.25. The van der Waals surface area contributed by atoms with Crippen molar-refractivity contribution in [3.63, 3.8) is 0 Å². The van der Waals surface area contributed by atoms with E-state index < -0.39 is 15.9 Å². The average molecular weight is 489 g/mol. The predicted octanol–water partition coefficient (Wildman–Crippen LogP) is 5.18. The minimum atomic E-state index is -3.64. The summed E-state index contributed by atoms with van der Waals surface area (Å²) in [4.78, 5) is 12.5. The van der Waals surface area contributed by atoms with Crippen LogP contribution in [-0.2, 0) is 14.8 Å². The van der Waals surface area contributed by atoms with E-state index in [-0.39, 0.29) is 22.3 Å². The van der Waals surface area contributed by atoms with Crippen LogP contribution in [0.25, 0.3) is 0 Å². The van der Waals surface area contributed by atoms with Crippen LogP contribution >= 0.6 is 11.6 Å². The van der Waals surface area contributed by atoms with Gasteiger partial charge in [0.2, 0.25) is 10.0 Å². The molecular formula is C24H25ClN2O5S. The summed E-state index contributed by atoms with van der Waals surface area (Å²) in [6.45, 7) is 3.92. The molecule has 0 aliphatic rings. The number of rotatable bonds is 10. The first kappa shape index (κ1) is 24.6. The zero-order valence-electron chi connectivity index (χ0n) is 18.3. The number of carbonyl (C=O) groups is 1. The van der Waals surface area contributed by atoms with Crippen molar-refractivity contribution in [2.75, 3.05) is 25.0 Å². The van der Waals surface area contributed by atoms with Crippen molar-refractivity contribution in [1.82, 2.24) is 4.31 Å². The number of para-hydroxylation sites is 3. The highest BCUT2D eigenvalue weighted by atomic mass is 35.5. The number of anilines is 1. The van der Waals surface area contributed by atoms with Crippen molar-refractivity contribution >= 4 is 33.2 Å². The van der Waals surface area contributed by atoms with Crippen LogP contribution in [0.2, 0.25) is 5.02 Å². The lowest BCUT2D eigenvalue weighted by atomic mass is 10.3. The molecule has 0 bridgehead atoms. The highest BCUT2D eigenvalue weighted by Gasteiger charge is 2.22. The number of halogens is 1. The summed E-state index contributed by atoms with van der Waals surface area (Å²) in [7, 11) is -3.64. The number of nitrogens with one attached hydrogen (secondary N) is 1. The molecule has 0 aliphatic carbocycles. The normalized spacial score (nSPS) is 11.3. The highest BCUT2D eigenvalue weighted by Crippen LogP contribution is 2.30. The van der Waals surface area contributed by atoms with E-state index in [9.17, 15) is 13.2 Å². The van der Waals surface area contributed by atoms with E-state index in [2.05, 4.69) is 5.32 Å². The molecule has 0 saturated carbocycles. The maximum absolute atomic E-state index is 12.6. The molecule has 1 amide bonds. The van der Waals surface area contributed by atoms with E-state index in [4.69, 9.17) is 21.1 Å². The van der Waals surface area contributed by atoms with Gasteiger partial charge in [-0.1, -0.05) is 55.8 Å². The van der Waals surface area contributed by atoms with Crippen LogP contribution in [0.1, 0.15) is 13.8 Å². The van der Waals surface area contributed by atoms with E-state index in [1.807, 2.05) is 30.3 Å². The standard InChI is InChI=1S/C24H25ClN2O5S/c1-3-27(4-2)33(29,30)19-14-15-22(20(25)16-19)31-17-24(28)26-21-12-8-9-13-23(21)32-18-10-6-5-7-11-18/h5-16H,3-4,17H2,1-2H3,(H,26,28). The molecule has 0 radical (unpaired) electrons. The molecule has 0 aromatic heterocycles. The Kier molecular flexibility index (Phi) is 8.32. The molecule has 3 aromatic carbocycles. The Bertz CT molecular complexity index is 1200. The predicted molar refractivity (Wildman–Crippen MR) is 129 cm³/mol. The minimum absolute atomic E-state index is 0.0694. The number of ether oxygens (including phenoxy) is 2. The van der Waals surface area contributed by atoms with Crippen LogP contribution in [-0.4, -0.2) is 38.3 Å². The molecule has 0 atom stereocenters. The number of amides is 1. The van der Waals surface area contributed by atoms with Gasteiger partial charge in [-0.15, -0.1) is 0 Å². The van der Waals surface area contributed by atoms with Gasteiger partial charge in [0.25, 0.3) is 5.91 Å². The summed E-state index contributed by atoms with van der Waals surface area (Å²) in [6.07, 6.45) is 0. The van der Waals surface area contributed by atoms with Crippen LogP contribution in [0, 0.1) is 0 Å². The molecule has 0 saturated heterocycles. The van der Waals surface area contributed by atoms with E-state index in [1.54, 1.807) is 38.1 Å². The molecule has 9 heteroatoms. The second kappa shape index (κ2) is 11.2. The van der Waals surface area contributed by atoms with Crippen LogP contribution in [0.3, 0.4) is 0 Å². The maximum Gasteiger partial charge on any atom is 0.262 e. The van der Waals surface area contributed by atoms with Crippen molar-refractivity contribution in [2.45, 2.75) is 18.7 Å². The Morgan fingerprint density at radius 2 is 1.61 bits per heavy atom. The molecule has 0 fully saturated rings. The summed E-state index contributed by atoms with van der Waals surface area (Å²) >= 11 is 6.23. The fourth-order valence-electron chi connectivity index (χ4n) is 3.08. The average Bonchev–Trinajstić information content (AvgIpc) is 2.81. The number of sulfonamides is 1. The Morgan fingerprint density at radius 3 is 2.27 bits per heavy atom. The zero-order chi connectivity index (χ0) is 23.8. The molecule has 1 N–H and O–H groups in total. The van der Waals surface area contributed by atoms with Gasteiger partial charge in [0.15, 0.2) is 12.4 Å². The summed E-state index contributed by atoms with van der Waals surface area (Å²) < 4.78 is 38.0. The molecule has 33 heavy (non-hydrogen) atoms. The number of nitrogens with zero attached hydrogens (tertiary/aromatic N) is 1. The lowest BCUT2D eigenvalue weighted by Crippen LogP contribution is -2.30. The van der Waals surface area contributed by atoms with Crippen LogP contribution in [0.4, 0.5) is 5.69 Å². The SMILES string of the molecule is CCN(CC)S(=O)(=O)c1ccc(OCC(=O)Nc2ccccc2Oc2ccccc2)c(Cl)c1. The van der Waals surface area contributed by atoms with Crippen molar-refractivity contribution in [3.05, 3.63) is 77.8 Å². The zero-order valence-corrected chi connectivity index (χ0v) is 19.9. The van der Waals surface area contributed by atoms with Gasteiger partial charge < -0.3 is 14.8 Å². The Labute approximate surface area is 198 Å². The molecule has 3 aromatic rings. The molecule has 0 aliphatic heterocycles. The summed E-state index contributed by atoms with van der Waals surface area (Å²) in [6, 6.07) is 20.4. The third-order valence-electron chi connectivity index (χ3n) is 4.74. The summed E-state index contributed by atoms with van der Waals surface area (Å²) in [5.74, 6) is 0.914. The van der Waals surface area contributed by atoms with E-state index in [0.29, 0.717) is 30.3 Å². The first-order chi connectivity index (χ1) is 15.8. The summed E-state index contributed by atoms with van der Waals surface area (Å²) in [5, 5.41) is 2.85. The van der Waals surface area contributed by atoms with Crippen molar-refractivity contribution in [1.29, 1.82) is 0 Å². The van der Waals surface area contributed by atoms with E-state index in [1.165, 1.54) is 22.5 Å². The van der Waals surface area contributed by atoms with Gasteiger partial charge >= 0.3 is 0 Å². The van der Waals surface area contributed by atoms with Crippen LogP contribution in [0.15, 0.2) is 77.7 Å². The molecular weight excluding hydrogens is 464 g/mol. The lowest BCUT2D eigenvalue weighted by molar-refractivity contribution is -0.118. The quantitative estimate of drug-likeness (QED) is 0.425. The first-order valence-corrected chi connectivity index (χ1v) is 12.2. The van der Waals surface area contributed by atoms with Crippen LogP contribution < -0.4 is 14.8 Å². The maximum atomic E-state index is 12.6. The smallest absolute Gasteiger partial charge is 0.262 e. The summed E-state index contributed by atoms with van der Waals surface area (Å²) in [5.41, 5.74) is 0.488. The van der Waals surface area contributed by atoms with Gasteiger partial charge in [0.05, 0.1) is 15.6 Å². The number of benzene rings is 3. The number of hydrogen-bond donors (Lipinski definition) is 1. The third-order valence-corrected chi connectivity index (χ3v) is 7.08. The molecule has 0 spiro atoms. The molecule has 3 rings (SSSR count). The Hall–Kier alpha value is -3.07. The second-order valence-corrected chi connectivity index (χ2v) is 9.27. The number of carbonyl (C=O) groups excluding carboxylic acids is 1.